The fourth-order valence-electron chi connectivity index (χ4n) is 5.78. The molecule has 5 rings (SSSR count). The van der Waals surface area contributed by atoms with Gasteiger partial charge in [-0.3, -0.25) is 9.88 Å². The molecule has 1 aromatic carbocycles. The van der Waals surface area contributed by atoms with Crippen LogP contribution in [0.2, 0.25) is 0 Å². The minimum absolute atomic E-state index is 0.107. The van der Waals surface area contributed by atoms with Crippen LogP contribution in [-0.2, 0) is 10.8 Å². The Morgan fingerprint density at radius 2 is 1.91 bits per heavy atom. The molecule has 0 radical (unpaired) electrons. The summed E-state index contributed by atoms with van der Waals surface area (Å²) in [7, 11) is 1.73. The van der Waals surface area contributed by atoms with Crippen molar-refractivity contribution in [2.24, 2.45) is 11.8 Å². The summed E-state index contributed by atoms with van der Waals surface area (Å²) in [5.41, 5.74) is 3.82. The third-order valence-electron chi connectivity index (χ3n) is 7.54. The summed E-state index contributed by atoms with van der Waals surface area (Å²) in [6.07, 6.45) is 3.76. The number of rotatable bonds is 4. The average molecular weight is 437 g/mol. The maximum Gasteiger partial charge on any atom is 0.123 e. The van der Waals surface area contributed by atoms with Crippen molar-refractivity contribution < 1.29 is 9.84 Å². The van der Waals surface area contributed by atoms with Crippen molar-refractivity contribution in [2.45, 2.75) is 77.4 Å². The third kappa shape index (κ3) is 3.97. The van der Waals surface area contributed by atoms with Gasteiger partial charge < -0.3 is 9.84 Å². The van der Waals surface area contributed by atoms with Crippen molar-refractivity contribution in [1.29, 1.82) is 0 Å². The molecule has 3 aliphatic rings. The molecule has 3 saturated heterocycles. The lowest BCUT2D eigenvalue weighted by Gasteiger charge is -2.50. The van der Waals surface area contributed by atoms with Crippen LogP contribution >= 0.6 is 0 Å². The number of aliphatic hydroxyl groups is 1. The lowest BCUT2D eigenvalue weighted by atomic mass is 9.72. The first kappa shape index (κ1) is 23.3. The zero-order chi connectivity index (χ0) is 23.4. The van der Waals surface area contributed by atoms with Crippen molar-refractivity contribution in [3.8, 4) is 5.75 Å². The molecule has 4 heteroatoms. The van der Waals surface area contributed by atoms with Crippen LogP contribution in [0.15, 0.2) is 30.9 Å². The molecule has 3 aliphatic heterocycles. The number of ether oxygens (including phenoxy) is 1. The van der Waals surface area contributed by atoms with Crippen molar-refractivity contribution in [2.75, 3.05) is 20.2 Å². The largest absolute Gasteiger partial charge is 0.496 e. The van der Waals surface area contributed by atoms with Gasteiger partial charge in [-0.2, -0.15) is 0 Å². The minimum atomic E-state index is -0.566. The second kappa shape index (κ2) is 8.14. The van der Waals surface area contributed by atoms with E-state index in [9.17, 15) is 5.11 Å². The molecule has 4 nitrogen and oxygen atoms in total. The monoisotopic (exact) mass is 436 g/mol. The normalized spacial score (nSPS) is 26.9. The highest BCUT2D eigenvalue weighted by atomic mass is 16.5. The standard InChI is InChI=1S/C28H40N2O2/c1-9-17-16-30-13-12-18(17)14-21(30)26(31)19-15-23(27(2,3)4)29-20-10-11-22(32-8)25(24(19)20)28(5,6)7/h9-11,15,17-18,21,26,31H,1,12-14,16H2,2-8H3/t17-,18?,21-,26+/m0/s1. The highest BCUT2D eigenvalue weighted by Gasteiger charge is 2.43. The number of aromatic nitrogens is 1. The van der Waals surface area contributed by atoms with E-state index in [0.29, 0.717) is 11.8 Å². The predicted octanol–water partition coefficient (Wildman–Crippen LogP) is 5.77. The molecule has 0 amide bonds. The van der Waals surface area contributed by atoms with Gasteiger partial charge in [0.15, 0.2) is 0 Å². The number of hydrogen-bond donors (Lipinski definition) is 1. The zero-order valence-electron chi connectivity index (χ0n) is 20.9. The van der Waals surface area contributed by atoms with E-state index in [-0.39, 0.29) is 16.9 Å². The first-order chi connectivity index (χ1) is 15.0. The van der Waals surface area contributed by atoms with Gasteiger partial charge in [-0.15, -0.1) is 6.58 Å². The molecule has 2 bridgehead atoms. The molecule has 32 heavy (non-hydrogen) atoms. The Kier molecular flexibility index (Phi) is 5.92. The van der Waals surface area contributed by atoms with Crippen LogP contribution in [0.3, 0.4) is 0 Å². The van der Waals surface area contributed by atoms with Gasteiger partial charge in [0.1, 0.15) is 5.75 Å². The van der Waals surface area contributed by atoms with E-state index >= 15 is 0 Å². The molecule has 0 aliphatic carbocycles. The summed E-state index contributed by atoms with van der Waals surface area (Å²) in [4.78, 5) is 7.55. The maximum atomic E-state index is 11.9. The first-order valence-corrected chi connectivity index (χ1v) is 12.0. The van der Waals surface area contributed by atoms with Crippen molar-refractivity contribution in [3.63, 3.8) is 0 Å². The number of hydrogen-bond acceptors (Lipinski definition) is 4. The van der Waals surface area contributed by atoms with E-state index in [0.717, 1.165) is 53.0 Å². The summed E-state index contributed by atoms with van der Waals surface area (Å²) in [6.45, 7) is 19.3. The number of benzene rings is 1. The predicted molar refractivity (Wildman–Crippen MR) is 132 cm³/mol. The van der Waals surface area contributed by atoms with Crippen LogP contribution in [0.1, 0.15) is 77.3 Å². The molecule has 174 valence electrons. The Labute approximate surface area is 193 Å². The van der Waals surface area contributed by atoms with Gasteiger partial charge in [0.2, 0.25) is 0 Å². The lowest BCUT2D eigenvalue weighted by molar-refractivity contribution is -0.0445. The molecule has 2 aromatic rings. The lowest BCUT2D eigenvalue weighted by Crippen LogP contribution is -2.54. The maximum absolute atomic E-state index is 11.9. The zero-order valence-corrected chi connectivity index (χ0v) is 20.9. The van der Waals surface area contributed by atoms with E-state index in [1.54, 1.807) is 7.11 Å². The third-order valence-corrected chi connectivity index (χ3v) is 7.54. The fraction of sp³-hybridized carbons (Fsp3) is 0.607. The molecule has 0 spiro atoms. The van der Waals surface area contributed by atoms with Gasteiger partial charge in [-0.05, 0) is 60.4 Å². The van der Waals surface area contributed by atoms with E-state index in [1.807, 2.05) is 6.07 Å². The Morgan fingerprint density at radius 1 is 1.19 bits per heavy atom. The number of pyridine rings is 1. The summed E-state index contributed by atoms with van der Waals surface area (Å²) in [5.74, 6) is 2.02. The van der Waals surface area contributed by atoms with Gasteiger partial charge in [0.05, 0.1) is 18.7 Å². The fourth-order valence-corrected chi connectivity index (χ4v) is 5.78. The number of piperidine rings is 3. The number of aliphatic hydroxyl groups excluding tert-OH is 1. The topological polar surface area (TPSA) is 45.6 Å². The minimum Gasteiger partial charge on any atom is -0.496 e. The van der Waals surface area contributed by atoms with Gasteiger partial charge >= 0.3 is 0 Å². The molecule has 4 heterocycles. The summed E-state index contributed by atoms with van der Waals surface area (Å²) in [5, 5.41) is 13.0. The average Bonchev–Trinajstić information content (AvgIpc) is 2.75. The van der Waals surface area contributed by atoms with Crippen molar-refractivity contribution in [3.05, 3.63) is 47.7 Å². The van der Waals surface area contributed by atoms with Gasteiger partial charge in [-0.25, -0.2) is 0 Å². The molecule has 2 unspecified atom stereocenters. The molecule has 1 N–H and O–H groups in total. The number of nitrogens with zero attached hydrogens (tertiary/aromatic N) is 2. The Bertz CT molecular complexity index is 1010. The van der Waals surface area contributed by atoms with Crippen LogP contribution in [0.5, 0.6) is 5.75 Å². The van der Waals surface area contributed by atoms with Gasteiger partial charge in [0, 0.05) is 34.6 Å². The summed E-state index contributed by atoms with van der Waals surface area (Å²) in [6, 6.07) is 6.37. The number of fused-ring (bicyclic) bond motifs is 4. The molecule has 5 atom stereocenters. The quantitative estimate of drug-likeness (QED) is 0.618. The van der Waals surface area contributed by atoms with Crippen molar-refractivity contribution in [1.82, 2.24) is 9.88 Å². The Hall–Kier alpha value is -1.91. The van der Waals surface area contributed by atoms with E-state index in [1.165, 1.54) is 6.42 Å². The molecule has 1 aromatic heterocycles. The Morgan fingerprint density at radius 3 is 2.44 bits per heavy atom. The SMILES string of the molecule is C=C[C@H]1CN2CCC1C[C@H]2[C@H](O)c1cc(C(C)(C)C)nc2ccc(OC)c(C(C)(C)C)c12. The van der Waals surface area contributed by atoms with Crippen LogP contribution in [0.4, 0.5) is 0 Å². The van der Waals surface area contributed by atoms with Crippen LogP contribution < -0.4 is 4.74 Å². The van der Waals surface area contributed by atoms with Crippen molar-refractivity contribution >= 4 is 10.9 Å². The molecule has 0 saturated carbocycles. The van der Waals surface area contributed by atoms with E-state index in [2.05, 4.69) is 71.2 Å². The second-order valence-corrected chi connectivity index (χ2v) is 11.8. The smallest absolute Gasteiger partial charge is 0.123 e. The van der Waals surface area contributed by atoms with E-state index < -0.39 is 6.10 Å². The van der Waals surface area contributed by atoms with Gasteiger partial charge in [-0.1, -0.05) is 47.6 Å². The summed E-state index contributed by atoms with van der Waals surface area (Å²) < 4.78 is 5.80. The first-order valence-electron chi connectivity index (χ1n) is 12.0. The van der Waals surface area contributed by atoms with Crippen LogP contribution in [0, 0.1) is 11.8 Å². The highest BCUT2D eigenvalue weighted by molar-refractivity contribution is 5.89. The van der Waals surface area contributed by atoms with Gasteiger partial charge in [0.25, 0.3) is 0 Å². The van der Waals surface area contributed by atoms with Crippen LogP contribution in [0.25, 0.3) is 10.9 Å². The molecule has 3 fully saturated rings. The van der Waals surface area contributed by atoms with Crippen LogP contribution in [-0.4, -0.2) is 41.2 Å². The number of methoxy groups -OCH3 is 1. The van der Waals surface area contributed by atoms with E-state index in [4.69, 9.17) is 9.72 Å². The Balaban J connectivity index is 1.93. The summed E-state index contributed by atoms with van der Waals surface area (Å²) >= 11 is 0. The molecular formula is C28H40N2O2. The highest BCUT2D eigenvalue weighted by Crippen LogP contribution is 2.45. The second-order valence-electron chi connectivity index (χ2n) is 11.8. The molecular weight excluding hydrogens is 396 g/mol.